The van der Waals surface area contributed by atoms with Crippen LogP contribution in [0.25, 0.3) is 0 Å². The van der Waals surface area contributed by atoms with Gasteiger partial charge < -0.3 is 15.3 Å². The number of hydrogen-bond acceptors (Lipinski definition) is 4. The number of aliphatic hydroxyl groups is 1. The molecule has 3 nitrogen and oxygen atoms in total. The molecule has 0 saturated carbocycles. The number of likely N-dealkylation sites (tertiary alicyclic amines) is 1. The van der Waals surface area contributed by atoms with Gasteiger partial charge in [0.15, 0.2) is 0 Å². The van der Waals surface area contributed by atoms with Crippen LogP contribution in [0.4, 0.5) is 0 Å². The number of nitrogens with one attached hydrogen (secondary N) is 1. The van der Waals surface area contributed by atoms with Gasteiger partial charge in [-0.05, 0) is 63.2 Å². The fraction of sp³-hybridized carbons (Fsp3) is 1.00. The molecule has 0 aromatic carbocycles. The summed E-state index contributed by atoms with van der Waals surface area (Å²) in [4.78, 5) is 2.56. The van der Waals surface area contributed by atoms with Gasteiger partial charge in [-0.1, -0.05) is 6.92 Å². The molecule has 18 heavy (non-hydrogen) atoms. The van der Waals surface area contributed by atoms with Crippen LogP contribution in [0, 0.1) is 0 Å². The Morgan fingerprint density at radius 1 is 1.28 bits per heavy atom. The minimum Gasteiger partial charge on any atom is -0.389 e. The quantitative estimate of drug-likeness (QED) is 0.799. The van der Waals surface area contributed by atoms with Gasteiger partial charge >= 0.3 is 0 Å². The average Bonchev–Trinajstić information content (AvgIpc) is 2.39. The van der Waals surface area contributed by atoms with Crippen LogP contribution >= 0.6 is 11.8 Å². The predicted molar refractivity (Wildman–Crippen MR) is 79.3 cm³/mol. The molecule has 0 spiro atoms. The van der Waals surface area contributed by atoms with Crippen LogP contribution in [0.15, 0.2) is 0 Å². The molecule has 2 aliphatic heterocycles. The highest BCUT2D eigenvalue weighted by molar-refractivity contribution is 7.99. The lowest BCUT2D eigenvalue weighted by Gasteiger charge is -2.36. The normalized spacial score (nSPS) is 26.3. The Bertz CT molecular complexity index is 236. The van der Waals surface area contributed by atoms with Crippen LogP contribution in [0.1, 0.15) is 39.0 Å². The highest BCUT2D eigenvalue weighted by Crippen LogP contribution is 2.26. The summed E-state index contributed by atoms with van der Waals surface area (Å²) in [5.74, 6) is 2.24. The first kappa shape index (κ1) is 14.6. The third-order valence-electron chi connectivity index (χ3n) is 4.27. The van der Waals surface area contributed by atoms with E-state index in [4.69, 9.17) is 0 Å². The Morgan fingerprint density at radius 2 is 1.94 bits per heavy atom. The Balaban J connectivity index is 1.65. The van der Waals surface area contributed by atoms with Crippen molar-refractivity contribution in [1.82, 2.24) is 10.2 Å². The summed E-state index contributed by atoms with van der Waals surface area (Å²) >= 11 is 1.97. The maximum absolute atomic E-state index is 10.5. The SMILES string of the molecule is CCCN1CCC(NCC2(O)CCSCC2)CC1. The minimum atomic E-state index is -0.425. The van der Waals surface area contributed by atoms with Gasteiger partial charge in [0.05, 0.1) is 5.60 Å². The fourth-order valence-electron chi connectivity index (χ4n) is 2.94. The first-order valence-electron chi connectivity index (χ1n) is 7.48. The molecule has 0 radical (unpaired) electrons. The van der Waals surface area contributed by atoms with E-state index in [2.05, 4.69) is 17.1 Å². The van der Waals surface area contributed by atoms with Gasteiger partial charge in [0.1, 0.15) is 0 Å². The molecule has 106 valence electrons. The van der Waals surface area contributed by atoms with E-state index in [9.17, 15) is 5.11 Å². The van der Waals surface area contributed by atoms with Gasteiger partial charge in [-0.15, -0.1) is 0 Å². The van der Waals surface area contributed by atoms with Crippen LogP contribution in [0.5, 0.6) is 0 Å². The van der Waals surface area contributed by atoms with Gasteiger partial charge in [-0.3, -0.25) is 0 Å². The van der Waals surface area contributed by atoms with Crippen molar-refractivity contribution in [2.24, 2.45) is 0 Å². The van der Waals surface area contributed by atoms with Crippen molar-refractivity contribution in [3.63, 3.8) is 0 Å². The Labute approximate surface area is 116 Å². The Morgan fingerprint density at radius 3 is 2.56 bits per heavy atom. The monoisotopic (exact) mass is 272 g/mol. The lowest BCUT2D eigenvalue weighted by molar-refractivity contribution is 0.0269. The third-order valence-corrected chi connectivity index (χ3v) is 5.26. The predicted octanol–water partition coefficient (Wildman–Crippen LogP) is 1.71. The molecule has 0 atom stereocenters. The van der Waals surface area contributed by atoms with E-state index in [0.29, 0.717) is 6.04 Å². The zero-order valence-corrected chi connectivity index (χ0v) is 12.5. The molecule has 2 aliphatic rings. The molecule has 2 N–H and O–H groups in total. The second kappa shape index (κ2) is 7.13. The summed E-state index contributed by atoms with van der Waals surface area (Å²) in [5, 5.41) is 14.1. The maximum atomic E-state index is 10.5. The van der Waals surface area contributed by atoms with Crippen LogP contribution < -0.4 is 5.32 Å². The maximum Gasteiger partial charge on any atom is 0.0787 e. The molecule has 0 unspecified atom stereocenters. The zero-order valence-electron chi connectivity index (χ0n) is 11.7. The molecule has 0 aromatic heterocycles. The van der Waals surface area contributed by atoms with Crippen molar-refractivity contribution < 1.29 is 5.11 Å². The van der Waals surface area contributed by atoms with Crippen LogP contribution in [0.2, 0.25) is 0 Å². The molecule has 4 heteroatoms. The first-order chi connectivity index (χ1) is 8.72. The number of rotatable bonds is 5. The number of nitrogens with zero attached hydrogens (tertiary/aromatic N) is 1. The molecule has 0 bridgehead atoms. The summed E-state index contributed by atoms with van der Waals surface area (Å²) in [6.45, 7) is 6.74. The van der Waals surface area contributed by atoms with Crippen molar-refractivity contribution in [3.05, 3.63) is 0 Å². The van der Waals surface area contributed by atoms with E-state index in [0.717, 1.165) is 30.9 Å². The van der Waals surface area contributed by atoms with E-state index in [1.165, 1.54) is 38.9 Å². The molecule has 2 rings (SSSR count). The summed E-state index contributed by atoms with van der Waals surface area (Å²) in [6.07, 6.45) is 5.66. The van der Waals surface area contributed by atoms with E-state index >= 15 is 0 Å². The van der Waals surface area contributed by atoms with Crippen LogP contribution in [-0.2, 0) is 0 Å². The highest BCUT2D eigenvalue weighted by atomic mass is 32.2. The first-order valence-corrected chi connectivity index (χ1v) is 8.63. The third kappa shape index (κ3) is 4.41. The Hall–Kier alpha value is 0.230. The van der Waals surface area contributed by atoms with Gasteiger partial charge in [0.25, 0.3) is 0 Å². The lowest BCUT2D eigenvalue weighted by atomic mass is 9.95. The van der Waals surface area contributed by atoms with Gasteiger partial charge in [0.2, 0.25) is 0 Å². The van der Waals surface area contributed by atoms with Gasteiger partial charge in [-0.2, -0.15) is 11.8 Å². The molecule has 0 aromatic rings. The van der Waals surface area contributed by atoms with Crippen LogP contribution in [0.3, 0.4) is 0 Å². The summed E-state index contributed by atoms with van der Waals surface area (Å²) in [5.41, 5.74) is -0.425. The molecule has 2 heterocycles. The number of piperidine rings is 1. The van der Waals surface area contributed by atoms with Crippen molar-refractivity contribution in [2.75, 3.05) is 37.7 Å². The molecule has 0 aliphatic carbocycles. The largest absolute Gasteiger partial charge is 0.389 e. The summed E-state index contributed by atoms with van der Waals surface area (Å²) in [7, 11) is 0. The topological polar surface area (TPSA) is 35.5 Å². The van der Waals surface area contributed by atoms with E-state index < -0.39 is 5.60 Å². The van der Waals surface area contributed by atoms with Gasteiger partial charge in [0, 0.05) is 12.6 Å². The van der Waals surface area contributed by atoms with Crippen molar-refractivity contribution >= 4 is 11.8 Å². The fourth-order valence-corrected chi connectivity index (χ4v) is 4.19. The summed E-state index contributed by atoms with van der Waals surface area (Å²) in [6, 6.07) is 0.622. The molecule has 0 amide bonds. The van der Waals surface area contributed by atoms with Gasteiger partial charge in [-0.25, -0.2) is 0 Å². The number of thioether (sulfide) groups is 1. The standard InChI is InChI=1S/C14H28N2OS/c1-2-7-16-8-3-13(4-9-16)15-12-14(17)5-10-18-11-6-14/h13,15,17H,2-12H2,1H3. The summed E-state index contributed by atoms with van der Waals surface area (Å²) < 4.78 is 0. The van der Waals surface area contributed by atoms with E-state index in [-0.39, 0.29) is 0 Å². The van der Waals surface area contributed by atoms with Crippen LogP contribution in [-0.4, -0.2) is 59.3 Å². The lowest BCUT2D eigenvalue weighted by Crippen LogP contribution is -2.49. The second-order valence-corrected chi connectivity index (χ2v) is 7.06. The minimum absolute atomic E-state index is 0.425. The smallest absolute Gasteiger partial charge is 0.0787 e. The highest BCUT2D eigenvalue weighted by Gasteiger charge is 2.30. The van der Waals surface area contributed by atoms with E-state index in [1.54, 1.807) is 0 Å². The molecular weight excluding hydrogens is 244 g/mol. The van der Waals surface area contributed by atoms with E-state index in [1.807, 2.05) is 11.8 Å². The number of hydrogen-bond donors (Lipinski definition) is 2. The van der Waals surface area contributed by atoms with Crippen molar-refractivity contribution in [1.29, 1.82) is 0 Å². The van der Waals surface area contributed by atoms with Crippen molar-refractivity contribution in [2.45, 2.75) is 50.7 Å². The average molecular weight is 272 g/mol. The molecule has 2 fully saturated rings. The molecular formula is C14H28N2OS. The van der Waals surface area contributed by atoms with Crippen molar-refractivity contribution in [3.8, 4) is 0 Å². The second-order valence-electron chi connectivity index (χ2n) is 5.83. The zero-order chi connectivity index (χ0) is 12.8. The molecule has 2 saturated heterocycles. The Kier molecular flexibility index (Phi) is 5.80.